The van der Waals surface area contributed by atoms with E-state index in [0.717, 1.165) is 17.7 Å². The molecule has 3 rings (SSSR count). The van der Waals surface area contributed by atoms with E-state index in [1.807, 2.05) is 37.3 Å². The fourth-order valence-corrected chi connectivity index (χ4v) is 2.32. The largest absolute Gasteiger partial charge is 0.348 e. The van der Waals surface area contributed by atoms with Crippen LogP contribution in [0.25, 0.3) is 0 Å². The Labute approximate surface area is 149 Å². The monoisotopic (exact) mass is 354 g/mol. The predicted octanol–water partition coefficient (Wildman–Crippen LogP) is 4.18. The van der Waals surface area contributed by atoms with Crippen molar-refractivity contribution in [2.24, 2.45) is 0 Å². The van der Waals surface area contributed by atoms with Crippen LogP contribution in [0.15, 0.2) is 60.9 Å². The maximum Gasteiger partial charge on any atom is 0.258 e. The molecule has 1 aromatic heterocycles. The molecule has 26 heavy (non-hydrogen) atoms. The molecule has 0 fully saturated rings. The highest BCUT2D eigenvalue weighted by Crippen LogP contribution is 2.17. The van der Waals surface area contributed by atoms with E-state index in [9.17, 15) is 13.6 Å². The van der Waals surface area contributed by atoms with E-state index >= 15 is 0 Å². The second kappa shape index (κ2) is 7.69. The Bertz CT molecular complexity index is 901. The summed E-state index contributed by atoms with van der Waals surface area (Å²) in [6, 6.07) is 12.9. The summed E-state index contributed by atoms with van der Waals surface area (Å²) in [5, 5.41) is 5.61. The third-order valence-electron chi connectivity index (χ3n) is 3.74. The second-order valence-electron chi connectivity index (χ2n) is 5.66. The molecule has 1 amide bonds. The normalized spacial score (nSPS) is 11.7. The minimum Gasteiger partial charge on any atom is -0.348 e. The summed E-state index contributed by atoms with van der Waals surface area (Å²) in [4.78, 5) is 20.4. The molecular formula is C19H16F2N4O. The molecule has 3 aromatic rings. The molecule has 7 heteroatoms. The molecule has 0 bridgehead atoms. The van der Waals surface area contributed by atoms with Crippen LogP contribution in [0.3, 0.4) is 0 Å². The lowest BCUT2D eigenvalue weighted by Crippen LogP contribution is -2.14. The third kappa shape index (κ3) is 4.18. The smallest absolute Gasteiger partial charge is 0.258 e. The van der Waals surface area contributed by atoms with Gasteiger partial charge in [0.25, 0.3) is 5.91 Å². The topological polar surface area (TPSA) is 66.9 Å². The van der Waals surface area contributed by atoms with Gasteiger partial charge in [-0.25, -0.2) is 18.7 Å². The van der Waals surface area contributed by atoms with Crippen LogP contribution in [0.4, 0.5) is 20.4 Å². The number of hydrogen-bond acceptors (Lipinski definition) is 4. The Morgan fingerprint density at radius 3 is 2.35 bits per heavy atom. The fourth-order valence-electron chi connectivity index (χ4n) is 2.32. The van der Waals surface area contributed by atoms with Gasteiger partial charge in [-0.1, -0.05) is 30.3 Å². The zero-order chi connectivity index (χ0) is 18.5. The SMILES string of the molecule is CC(Nc1ncc(C(=O)Nc2ccc(F)c(F)c2)cn1)c1ccccc1. The molecule has 1 atom stereocenters. The minimum atomic E-state index is -1.03. The van der Waals surface area contributed by atoms with E-state index in [0.29, 0.717) is 5.95 Å². The van der Waals surface area contributed by atoms with Crippen LogP contribution >= 0.6 is 0 Å². The molecule has 2 aromatic carbocycles. The van der Waals surface area contributed by atoms with Gasteiger partial charge in [-0.05, 0) is 24.6 Å². The number of aromatic nitrogens is 2. The van der Waals surface area contributed by atoms with Gasteiger partial charge in [0.2, 0.25) is 5.95 Å². The first-order valence-electron chi connectivity index (χ1n) is 7.93. The van der Waals surface area contributed by atoms with Crippen molar-refractivity contribution in [1.82, 2.24) is 9.97 Å². The van der Waals surface area contributed by atoms with Crippen molar-refractivity contribution in [1.29, 1.82) is 0 Å². The van der Waals surface area contributed by atoms with Crippen LogP contribution in [0.1, 0.15) is 28.9 Å². The molecule has 0 saturated heterocycles. The highest BCUT2D eigenvalue weighted by atomic mass is 19.2. The summed E-state index contributed by atoms with van der Waals surface area (Å²) in [5.41, 5.74) is 1.43. The van der Waals surface area contributed by atoms with E-state index < -0.39 is 17.5 Å². The molecule has 1 heterocycles. The molecule has 1 unspecified atom stereocenters. The van der Waals surface area contributed by atoms with Gasteiger partial charge in [0.1, 0.15) is 0 Å². The molecule has 132 valence electrons. The molecular weight excluding hydrogens is 338 g/mol. The van der Waals surface area contributed by atoms with Gasteiger partial charge in [-0.3, -0.25) is 4.79 Å². The number of nitrogens with zero attached hydrogens (tertiary/aromatic N) is 2. The van der Waals surface area contributed by atoms with Crippen LogP contribution in [0, 0.1) is 11.6 Å². The van der Waals surface area contributed by atoms with E-state index in [1.165, 1.54) is 18.5 Å². The predicted molar refractivity (Wildman–Crippen MR) is 94.8 cm³/mol. The molecule has 0 aliphatic rings. The number of carbonyl (C=O) groups excluding carboxylic acids is 1. The number of anilines is 2. The number of halogens is 2. The van der Waals surface area contributed by atoms with Crippen molar-refractivity contribution in [2.75, 3.05) is 10.6 Å². The van der Waals surface area contributed by atoms with E-state index in [4.69, 9.17) is 0 Å². The average Bonchev–Trinajstić information content (AvgIpc) is 2.66. The van der Waals surface area contributed by atoms with Crippen LogP contribution < -0.4 is 10.6 Å². The van der Waals surface area contributed by atoms with Gasteiger partial charge in [0, 0.05) is 24.1 Å². The summed E-state index contributed by atoms with van der Waals surface area (Å²) >= 11 is 0. The number of rotatable bonds is 5. The Balaban J connectivity index is 1.65. The number of nitrogens with one attached hydrogen (secondary N) is 2. The molecule has 0 radical (unpaired) electrons. The highest BCUT2D eigenvalue weighted by Gasteiger charge is 2.11. The maximum absolute atomic E-state index is 13.2. The lowest BCUT2D eigenvalue weighted by Gasteiger charge is -2.14. The average molecular weight is 354 g/mol. The summed E-state index contributed by atoms with van der Waals surface area (Å²) in [6.07, 6.45) is 2.73. The van der Waals surface area contributed by atoms with Crippen LogP contribution in [0.5, 0.6) is 0 Å². The summed E-state index contributed by atoms with van der Waals surface area (Å²) < 4.78 is 26.1. The summed E-state index contributed by atoms with van der Waals surface area (Å²) in [6.45, 7) is 1.97. The zero-order valence-electron chi connectivity index (χ0n) is 13.9. The van der Waals surface area contributed by atoms with Crippen molar-refractivity contribution in [2.45, 2.75) is 13.0 Å². The molecule has 0 saturated carbocycles. The van der Waals surface area contributed by atoms with Gasteiger partial charge >= 0.3 is 0 Å². The van der Waals surface area contributed by atoms with Crippen molar-refractivity contribution >= 4 is 17.5 Å². The van der Waals surface area contributed by atoms with E-state index in [1.54, 1.807) is 0 Å². The molecule has 2 N–H and O–H groups in total. The van der Waals surface area contributed by atoms with Crippen LogP contribution in [-0.4, -0.2) is 15.9 Å². The molecule has 5 nitrogen and oxygen atoms in total. The zero-order valence-corrected chi connectivity index (χ0v) is 13.9. The molecule has 0 aliphatic carbocycles. The van der Waals surface area contributed by atoms with Gasteiger partial charge in [-0.2, -0.15) is 0 Å². The first-order valence-corrected chi connectivity index (χ1v) is 7.93. The standard InChI is InChI=1S/C19H16F2N4O/c1-12(13-5-3-2-4-6-13)24-19-22-10-14(11-23-19)18(26)25-15-7-8-16(20)17(21)9-15/h2-12H,1H3,(H,25,26)(H,22,23,24). The lowest BCUT2D eigenvalue weighted by molar-refractivity contribution is 0.102. The third-order valence-corrected chi connectivity index (χ3v) is 3.74. The van der Waals surface area contributed by atoms with Crippen molar-refractivity contribution in [3.8, 4) is 0 Å². The second-order valence-corrected chi connectivity index (χ2v) is 5.66. The van der Waals surface area contributed by atoms with Crippen molar-refractivity contribution in [3.05, 3.63) is 83.7 Å². The van der Waals surface area contributed by atoms with Gasteiger partial charge < -0.3 is 10.6 Å². The van der Waals surface area contributed by atoms with Crippen LogP contribution in [0.2, 0.25) is 0 Å². The lowest BCUT2D eigenvalue weighted by atomic mass is 10.1. The van der Waals surface area contributed by atoms with E-state index in [2.05, 4.69) is 20.6 Å². The highest BCUT2D eigenvalue weighted by molar-refractivity contribution is 6.03. The number of carbonyl (C=O) groups is 1. The van der Waals surface area contributed by atoms with Crippen molar-refractivity contribution in [3.63, 3.8) is 0 Å². The van der Waals surface area contributed by atoms with Gasteiger partial charge in [-0.15, -0.1) is 0 Å². The van der Waals surface area contributed by atoms with Crippen LogP contribution in [-0.2, 0) is 0 Å². The molecule has 0 spiro atoms. The Hall–Kier alpha value is -3.35. The summed E-state index contributed by atoms with van der Waals surface area (Å²) in [7, 11) is 0. The number of benzene rings is 2. The Kier molecular flexibility index (Phi) is 5.17. The van der Waals surface area contributed by atoms with E-state index in [-0.39, 0.29) is 17.3 Å². The first-order chi connectivity index (χ1) is 12.5. The minimum absolute atomic E-state index is 0.00179. The maximum atomic E-state index is 13.2. The van der Waals surface area contributed by atoms with Gasteiger partial charge in [0.05, 0.1) is 11.6 Å². The Morgan fingerprint density at radius 1 is 1.00 bits per heavy atom. The number of hydrogen-bond donors (Lipinski definition) is 2. The first kappa shape index (κ1) is 17.5. The van der Waals surface area contributed by atoms with Crippen molar-refractivity contribution < 1.29 is 13.6 Å². The fraction of sp³-hybridized carbons (Fsp3) is 0.105. The van der Waals surface area contributed by atoms with Gasteiger partial charge in [0.15, 0.2) is 11.6 Å². The Morgan fingerprint density at radius 2 is 1.69 bits per heavy atom. The molecule has 0 aliphatic heterocycles. The summed E-state index contributed by atoms with van der Waals surface area (Å²) in [5.74, 6) is -2.15. The quantitative estimate of drug-likeness (QED) is 0.721. The number of amides is 1.